The Morgan fingerprint density at radius 3 is 2.47 bits per heavy atom. The monoisotopic (exact) mass is 644 g/mol. The van der Waals surface area contributed by atoms with Crippen molar-refractivity contribution in [1.82, 2.24) is 0 Å². The summed E-state index contributed by atoms with van der Waals surface area (Å²) in [4.78, 5) is 0. The van der Waals surface area contributed by atoms with Crippen molar-refractivity contribution in [2.75, 3.05) is 0 Å². The molecule has 1 aromatic rings. The van der Waals surface area contributed by atoms with Crippen LogP contribution < -0.4 is 0 Å². The molecule has 0 nitrogen and oxygen atoms in total. The lowest BCUT2D eigenvalue weighted by Crippen LogP contribution is -2.33. The Bertz CT molecular complexity index is 1770. The van der Waals surface area contributed by atoms with Gasteiger partial charge in [-0.3, -0.25) is 0 Å². The molecule has 0 radical (unpaired) electrons. The summed E-state index contributed by atoms with van der Waals surface area (Å²) in [5.74, 6) is 5.64. The van der Waals surface area contributed by atoms with E-state index in [0.29, 0.717) is 53.3 Å². The van der Waals surface area contributed by atoms with Gasteiger partial charge in [-0.05, 0) is 134 Å². The van der Waals surface area contributed by atoms with E-state index in [-0.39, 0.29) is 5.41 Å². The summed E-state index contributed by atoms with van der Waals surface area (Å²) >= 11 is 0. The Morgan fingerprint density at radius 2 is 1.63 bits per heavy atom. The van der Waals surface area contributed by atoms with Crippen molar-refractivity contribution in [3.63, 3.8) is 0 Å². The highest BCUT2D eigenvalue weighted by molar-refractivity contribution is 5.50. The predicted molar refractivity (Wildman–Crippen MR) is 207 cm³/mol. The number of fused-ring (bicyclic) bond motifs is 4. The third-order valence-corrected chi connectivity index (χ3v) is 14.3. The summed E-state index contributed by atoms with van der Waals surface area (Å²) < 4.78 is 0. The molecule has 0 amide bonds. The van der Waals surface area contributed by atoms with Crippen molar-refractivity contribution < 1.29 is 0 Å². The quantitative estimate of drug-likeness (QED) is 0.280. The van der Waals surface area contributed by atoms with Gasteiger partial charge in [-0.15, -0.1) is 0 Å². The number of allylic oxidation sites excluding steroid dienone is 20. The Morgan fingerprint density at radius 1 is 0.735 bits per heavy atom. The van der Waals surface area contributed by atoms with Crippen LogP contribution in [0, 0.1) is 46.8 Å². The minimum Gasteiger partial charge on any atom is -0.0879 e. The highest BCUT2D eigenvalue weighted by Gasteiger charge is 2.54. The Kier molecular flexibility index (Phi) is 8.42. The molecule has 9 unspecified atom stereocenters. The second-order valence-electron chi connectivity index (χ2n) is 17.2. The summed E-state index contributed by atoms with van der Waals surface area (Å²) in [6, 6.07) is 9.66. The van der Waals surface area contributed by atoms with Gasteiger partial charge in [0.05, 0.1) is 0 Å². The number of benzene rings is 1. The van der Waals surface area contributed by atoms with Crippen LogP contribution in [0.1, 0.15) is 107 Å². The first kappa shape index (κ1) is 31.6. The average Bonchev–Trinajstić information content (AvgIpc) is 3.39. The molecule has 8 aliphatic rings. The minimum absolute atomic E-state index is 0.222. The van der Waals surface area contributed by atoms with Gasteiger partial charge in [0.25, 0.3) is 0 Å². The van der Waals surface area contributed by atoms with Gasteiger partial charge in [0.15, 0.2) is 0 Å². The zero-order valence-corrected chi connectivity index (χ0v) is 29.9. The van der Waals surface area contributed by atoms with Gasteiger partial charge >= 0.3 is 0 Å². The van der Waals surface area contributed by atoms with Gasteiger partial charge in [0.2, 0.25) is 0 Å². The molecule has 49 heavy (non-hydrogen) atoms. The third kappa shape index (κ3) is 5.76. The highest BCUT2D eigenvalue weighted by Crippen LogP contribution is 2.63. The standard InChI is InChI=1S/C49H56/c1-49(2)47-22-10-9-21-43(47)46-31-44-42(40-20-12-19-39(30-40)34-15-7-4-8-16-34)28-27-41(45(44)32-48(46)49)36-25-23-35(24-26-36)38-18-11-17-37(29-38)33-13-5-3-6-14-33/h4-5,7-11,13,15,17-19,21-22,25,27-29,32-35,40,43-47H,3,6,12,14,16,20,23-24,26,30-31H2,1-2H3. The fraction of sp³-hybridized carbons (Fsp3) is 0.469. The summed E-state index contributed by atoms with van der Waals surface area (Å²) in [6.45, 7) is 5.10. The molecule has 0 aromatic heterocycles. The van der Waals surface area contributed by atoms with Gasteiger partial charge in [-0.25, -0.2) is 0 Å². The van der Waals surface area contributed by atoms with E-state index in [1.807, 2.05) is 0 Å². The Labute approximate surface area is 296 Å². The molecule has 9 atom stereocenters. The van der Waals surface area contributed by atoms with Gasteiger partial charge in [0.1, 0.15) is 0 Å². The van der Waals surface area contributed by atoms with E-state index in [2.05, 4.69) is 129 Å². The van der Waals surface area contributed by atoms with Crippen LogP contribution in [0.15, 0.2) is 143 Å². The van der Waals surface area contributed by atoms with Gasteiger partial charge < -0.3 is 0 Å². The molecule has 1 fully saturated rings. The first-order valence-electron chi connectivity index (χ1n) is 20.0. The first-order valence-corrected chi connectivity index (χ1v) is 20.0. The maximum absolute atomic E-state index is 2.85. The maximum atomic E-state index is 2.85. The average molecular weight is 645 g/mol. The smallest absolute Gasteiger partial charge is 0.00895 e. The van der Waals surface area contributed by atoms with Crippen LogP contribution in [0.5, 0.6) is 0 Å². The second kappa shape index (κ2) is 13.1. The molecular weight excluding hydrogens is 589 g/mol. The van der Waals surface area contributed by atoms with Crippen LogP contribution in [0.3, 0.4) is 0 Å². The first-order chi connectivity index (χ1) is 24.0. The van der Waals surface area contributed by atoms with Crippen LogP contribution in [0.4, 0.5) is 0 Å². The molecule has 1 aromatic carbocycles. The second-order valence-corrected chi connectivity index (χ2v) is 17.2. The van der Waals surface area contributed by atoms with Crippen molar-refractivity contribution in [2.45, 2.75) is 96.3 Å². The molecule has 0 aliphatic heterocycles. The van der Waals surface area contributed by atoms with Gasteiger partial charge in [-0.1, -0.05) is 146 Å². The largest absolute Gasteiger partial charge is 0.0879 e. The molecule has 9 rings (SSSR count). The lowest BCUT2D eigenvalue weighted by molar-refractivity contribution is 0.293. The summed E-state index contributed by atoms with van der Waals surface area (Å²) in [6.07, 6.45) is 51.1. The molecular formula is C49H56. The van der Waals surface area contributed by atoms with E-state index in [9.17, 15) is 0 Å². The maximum Gasteiger partial charge on any atom is 0.00895 e. The topological polar surface area (TPSA) is 0 Å². The van der Waals surface area contributed by atoms with Crippen molar-refractivity contribution in [1.29, 1.82) is 0 Å². The summed E-state index contributed by atoms with van der Waals surface area (Å²) in [5.41, 5.74) is 11.9. The molecule has 0 heteroatoms. The fourth-order valence-electron chi connectivity index (χ4n) is 11.7. The normalized spacial score (nSPS) is 37.3. The van der Waals surface area contributed by atoms with Gasteiger partial charge in [0, 0.05) is 17.8 Å². The molecule has 0 saturated heterocycles. The van der Waals surface area contributed by atoms with Crippen LogP contribution in [-0.4, -0.2) is 0 Å². The number of rotatable bonds is 5. The molecule has 1 saturated carbocycles. The van der Waals surface area contributed by atoms with E-state index < -0.39 is 0 Å². The molecule has 0 spiro atoms. The van der Waals surface area contributed by atoms with E-state index in [1.165, 1.54) is 76.2 Å². The van der Waals surface area contributed by atoms with E-state index >= 15 is 0 Å². The van der Waals surface area contributed by atoms with Crippen LogP contribution in [0.2, 0.25) is 0 Å². The van der Waals surface area contributed by atoms with Crippen molar-refractivity contribution in [3.8, 4) is 0 Å². The minimum atomic E-state index is 0.222. The third-order valence-electron chi connectivity index (χ3n) is 14.3. The SMILES string of the molecule is CC1(C)C2=CC3C(C4=CCC(c5cccc(C6C=CCCC6)c5)CC4)=CC=C(C4CCC=C(C5C=CC=CC5)C4)C3CC2C2C=CC=CC21. The lowest BCUT2D eigenvalue weighted by atomic mass is 9.60. The van der Waals surface area contributed by atoms with E-state index in [1.54, 1.807) is 33.4 Å². The van der Waals surface area contributed by atoms with E-state index in [4.69, 9.17) is 0 Å². The summed E-state index contributed by atoms with van der Waals surface area (Å²) in [5, 5.41) is 0. The summed E-state index contributed by atoms with van der Waals surface area (Å²) in [7, 11) is 0. The molecule has 0 bridgehead atoms. The lowest BCUT2D eigenvalue weighted by Gasteiger charge is -2.44. The van der Waals surface area contributed by atoms with Gasteiger partial charge in [-0.2, -0.15) is 0 Å². The Balaban J connectivity index is 1.03. The van der Waals surface area contributed by atoms with Crippen molar-refractivity contribution in [2.24, 2.45) is 46.8 Å². The van der Waals surface area contributed by atoms with E-state index in [0.717, 1.165) is 0 Å². The fourth-order valence-corrected chi connectivity index (χ4v) is 11.7. The molecule has 8 aliphatic carbocycles. The van der Waals surface area contributed by atoms with Crippen LogP contribution in [0.25, 0.3) is 0 Å². The van der Waals surface area contributed by atoms with Crippen LogP contribution >= 0.6 is 0 Å². The highest BCUT2D eigenvalue weighted by atomic mass is 14.6. The molecule has 252 valence electrons. The molecule has 0 heterocycles. The van der Waals surface area contributed by atoms with Crippen molar-refractivity contribution >= 4 is 0 Å². The number of hydrogen-bond donors (Lipinski definition) is 0. The zero-order valence-electron chi connectivity index (χ0n) is 29.9. The number of hydrogen-bond acceptors (Lipinski definition) is 0. The molecule has 0 N–H and O–H groups in total. The Hall–Kier alpha value is -3.38. The predicted octanol–water partition coefficient (Wildman–Crippen LogP) is 13.0. The van der Waals surface area contributed by atoms with Crippen LogP contribution in [-0.2, 0) is 0 Å². The van der Waals surface area contributed by atoms with Crippen molar-refractivity contribution in [3.05, 3.63) is 154 Å². The zero-order chi connectivity index (χ0) is 33.0.